The minimum atomic E-state index is -0.0380. The third-order valence-corrected chi connectivity index (χ3v) is 7.68. The topological polar surface area (TPSA) is 52.0 Å². The van der Waals surface area contributed by atoms with Crippen molar-refractivity contribution < 1.29 is 0 Å². The van der Waals surface area contributed by atoms with E-state index in [0.717, 1.165) is 24.2 Å². The molecule has 1 fully saturated rings. The van der Waals surface area contributed by atoms with Gasteiger partial charge in [0.05, 0.1) is 0 Å². The van der Waals surface area contributed by atoms with Crippen LogP contribution >= 0.6 is 0 Å². The van der Waals surface area contributed by atoms with Gasteiger partial charge in [-0.05, 0) is 95.5 Å². The van der Waals surface area contributed by atoms with Gasteiger partial charge in [0.25, 0.3) is 0 Å². The first kappa shape index (κ1) is 22.3. The van der Waals surface area contributed by atoms with Gasteiger partial charge in [-0.3, -0.25) is 0 Å². The highest BCUT2D eigenvalue weighted by atomic mass is 14.5. The summed E-state index contributed by atoms with van der Waals surface area (Å²) in [6.45, 7) is 4.48. The zero-order valence-corrected chi connectivity index (χ0v) is 20.3. The predicted octanol–water partition coefficient (Wildman–Crippen LogP) is 8.05. The minimum Gasteiger partial charge on any atom is -0.399 e. The van der Waals surface area contributed by atoms with Crippen molar-refractivity contribution >= 4 is 11.4 Å². The van der Waals surface area contributed by atoms with Crippen LogP contribution in [0, 0.1) is 13.8 Å². The standard InChI is InChI=1S/C32H34N2/c1-22-8-6-10-28(30(22)24-12-16-26(33)17-13-24)32(20-4-3-5-21-32)29-11-7-9-23(2)31(29)25-14-18-27(34)19-15-25/h6-19H,3-5,20-21,33-34H2,1-2H3. The smallest absolute Gasteiger partial charge is 0.0314 e. The molecule has 4 aromatic rings. The number of benzene rings is 4. The fraction of sp³-hybridized carbons (Fsp3) is 0.250. The highest BCUT2D eigenvalue weighted by Crippen LogP contribution is 2.51. The number of hydrogen-bond acceptors (Lipinski definition) is 2. The summed E-state index contributed by atoms with van der Waals surface area (Å²) in [4.78, 5) is 0. The lowest BCUT2D eigenvalue weighted by Gasteiger charge is -2.42. The Morgan fingerprint density at radius 3 is 1.35 bits per heavy atom. The van der Waals surface area contributed by atoms with Crippen molar-refractivity contribution in [3.05, 3.63) is 107 Å². The van der Waals surface area contributed by atoms with E-state index in [2.05, 4.69) is 74.5 Å². The van der Waals surface area contributed by atoms with E-state index in [-0.39, 0.29) is 5.41 Å². The van der Waals surface area contributed by atoms with Gasteiger partial charge < -0.3 is 11.5 Å². The van der Waals surface area contributed by atoms with Crippen LogP contribution in [-0.2, 0) is 5.41 Å². The molecule has 4 aromatic carbocycles. The molecule has 0 unspecified atom stereocenters. The van der Waals surface area contributed by atoms with Gasteiger partial charge in [0.15, 0.2) is 0 Å². The van der Waals surface area contributed by atoms with Gasteiger partial charge in [0.1, 0.15) is 0 Å². The molecule has 4 N–H and O–H groups in total. The lowest BCUT2D eigenvalue weighted by molar-refractivity contribution is 0.347. The van der Waals surface area contributed by atoms with Crippen LogP contribution < -0.4 is 11.5 Å². The second-order valence-corrected chi connectivity index (χ2v) is 9.88. The van der Waals surface area contributed by atoms with Gasteiger partial charge in [0.2, 0.25) is 0 Å². The van der Waals surface area contributed by atoms with Crippen LogP contribution in [0.3, 0.4) is 0 Å². The van der Waals surface area contributed by atoms with Crippen LogP contribution in [-0.4, -0.2) is 0 Å². The quantitative estimate of drug-likeness (QED) is 0.312. The van der Waals surface area contributed by atoms with E-state index in [0.29, 0.717) is 0 Å². The molecule has 0 saturated heterocycles. The van der Waals surface area contributed by atoms with Crippen molar-refractivity contribution in [2.45, 2.75) is 51.4 Å². The lowest BCUT2D eigenvalue weighted by Crippen LogP contribution is -2.32. The van der Waals surface area contributed by atoms with Crippen molar-refractivity contribution in [1.82, 2.24) is 0 Å². The van der Waals surface area contributed by atoms with Crippen LogP contribution in [0.1, 0.15) is 54.4 Å². The van der Waals surface area contributed by atoms with Gasteiger partial charge >= 0.3 is 0 Å². The first-order valence-corrected chi connectivity index (χ1v) is 12.4. The van der Waals surface area contributed by atoms with Crippen molar-refractivity contribution in [3.8, 4) is 22.3 Å². The molecule has 0 amide bonds. The lowest BCUT2D eigenvalue weighted by atomic mass is 9.61. The zero-order valence-electron chi connectivity index (χ0n) is 20.3. The van der Waals surface area contributed by atoms with E-state index in [9.17, 15) is 0 Å². The van der Waals surface area contributed by atoms with Gasteiger partial charge in [-0.1, -0.05) is 79.9 Å². The number of nitrogen functional groups attached to an aromatic ring is 2. The molecule has 0 aliphatic heterocycles. The molecule has 0 aromatic heterocycles. The molecule has 172 valence electrons. The molecule has 0 atom stereocenters. The molecule has 0 heterocycles. The summed E-state index contributed by atoms with van der Waals surface area (Å²) in [6, 6.07) is 30.5. The average Bonchev–Trinajstić information content (AvgIpc) is 2.85. The number of anilines is 2. The zero-order chi connectivity index (χ0) is 23.7. The third-order valence-electron chi connectivity index (χ3n) is 7.68. The molecule has 1 aliphatic rings. The molecule has 1 saturated carbocycles. The van der Waals surface area contributed by atoms with Crippen LogP contribution in [0.15, 0.2) is 84.9 Å². The summed E-state index contributed by atoms with van der Waals surface area (Å²) < 4.78 is 0. The Balaban J connectivity index is 1.80. The fourth-order valence-corrected chi connectivity index (χ4v) is 6.04. The van der Waals surface area contributed by atoms with Gasteiger partial charge in [-0.15, -0.1) is 0 Å². The van der Waals surface area contributed by atoms with E-state index in [1.165, 1.54) is 63.8 Å². The molecular weight excluding hydrogens is 412 g/mol. The Labute approximate surface area is 203 Å². The Morgan fingerprint density at radius 1 is 0.529 bits per heavy atom. The maximum absolute atomic E-state index is 6.04. The van der Waals surface area contributed by atoms with Crippen molar-refractivity contribution in [2.75, 3.05) is 11.5 Å². The molecule has 5 rings (SSSR count). The van der Waals surface area contributed by atoms with E-state index in [4.69, 9.17) is 11.5 Å². The predicted molar refractivity (Wildman–Crippen MR) is 146 cm³/mol. The molecule has 0 spiro atoms. The highest BCUT2D eigenvalue weighted by Gasteiger charge is 2.39. The van der Waals surface area contributed by atoms with E-state index >= 15 is 0 Å². The molecule has 0 bridgehead atoms. The molecule has 2 nitrogen and oxygen atoms in total. The SMILES string of the molecule is Cc1cccc(C2(c3cccc(C)c3-c3ccc(N)cc3)CCCCC2)c1-c1ccc(N)cc1. The average molecular weight is 447 g/mol. The molecule has 34 heavy (non-hydrogen) atoms. The molecule has 1 aliphatic carbocycles. The normalized spacial score (nSPS) is 15.2. The number of nitrogens with two attached hydrogens (primary N) is 2. The molecule has 2 heteroatoms. The number of rotatable bonds is 4. The second-order valence-electron chi connectivity index (χ2n) is 9.88. The first-order valence-electron chi connectivity index (χ1n) is 12.4. The van der Waals surface area contributed by atoms with Gasteiger partial charge in [-0.25, -0.2) is 0 Å². The number of aryl methyl sites for hydroxylation is 2. The largest absolute Gasteiger partial charge is 0.399 e. The van der Waals surface area contributed by atoms with Crippen LogP contribution in [0.2, 0.25) is 0 Å². The fourth-order valence-electron chi connectivity index (χ4n) is 6.04. The minimum absolute atomic E-state index is 0.0380. The van der Waals surface area contributed by atoms with E-state index in [1.54, 1.807) is 0 Å². The summed E-state index contributed by atoms with van der Waals surface area (Å²) in [5.41, 5.74) is 24.4. The Morgan fingerprint density at radius 2 is 0.941 bits per heavy atom. The maximum atomic E-state index is 6.04. The number of hydrogen-bond donors (Lipinski definition) is 2. The van der Waals surface area contributed by atoms with Crippen LogP contribution in [0.4, 0.5) is 11.4 Å². The molecule has 0 radical (unpaired) electrons. The van der Waals surface area contributed by atoms with Crippen molar-refractivity contribution in [3.63, 3.8) is 0 Å². The van der Waals surface area contributed by atoms with Crippen molar-refractivity contribution in [2.24, 2.45) is 0 Å². The molecular formula is C32H34N2. The van der Waals surface area contributed by atoms with Gasteiger partial charge in [0, 0.05) is 16.8 Å². The van der Waals surface area contributed by atoms with E-state index < -0.39 is 0 Å². The second kappa shape index (κ2) is 9.02. The Hall–Kier alpha value is -3.52. The monoisotopic (exact) mass is 446 g/mol. The summed E-state index contributed by atoms with van der Waals surface area (Å²) in [5, 5.41) is 0. The third kappa shape index (κ3) is 3.88. The summed E-state index contributed by atoms with van der Waals surface area (Å²) in [7, 11) is 0. The Bertz CT molecular complexity index is 1200. The van der Waals surface area contributed by atoms with E-state index in [1.807, 2.05) is 24.3 Å². The Kier molecular flexibility index (Phi) is 5.91. The summed E-state index contributed by atoms with van der Waals surface area (Å²) >= 11 is 0. The maximum Gasteiger partial charge on any atom is 0.0314 e. The first-order chi connectivity index (χ1) is 16.5. The van der Waals surface area contributed by atoms with Crippen LogP contribution in [0.5, 0.6) is 0 Å². The van der Waals surface area contributed by atoms with Gasteiger partial charge in [-0.2, -0.15) is 0 Å². The summed E-state index contributed by atoms with van der Waals surface area (Å²) in [6.07, 6.45) is 6.09. The highest BCUT2D eigenvalue weighted by molar-refractivity contribution is 5.79. The summed E-state index contributed by atoms with van der Waals surface area (Å²) in [5.74, 6) is 0. The van der Waals surface area contributed by atoms with Crippen molar-refractivity contribution in [1.29, 1.82) is 0 Å². The van der Waals surface area contributed by atoms with Crippen LogP contribution in [0.25, 0.3) is 22.3 Å².